The summed E-state index contributed by atoms with van der Waals surface area (Å²) in [7, 11) is 2.19. The SMILES string of the molecule is CN1CCN(CCNC2CCCCCC2O)CC1. The van der Waals surface area contributed by atoms with Gasteiger partial charge in [-0.15, -0.1) is 0 Å². The molecule has 2 rings (SSSR count). The molecule has 2 aliphatic rings. The average Bonchev–Trinajstić information content (AvgIpc) is 2.57. The summed E-state index contributed by atoms with van der Waals surface area (Å²) in [6.07, 6.45) is 5.74. The number of aliphatic hydroxyl groups excluding tert-OH is 1. The van der Waals surface area contributed by atoms with Gasteiger partial charge in [-0.05, 0) is 19.9 Å². The second-order valence-electron chi connectivity index (χ2n) is 5.91. The number of nitrogens with one attached hydrogen (secondary N) is 1. The maximum atomic E-state index is 10.0. The van der Waals surface area contributed by atoms with Crippen molar-refractivity contribution in [3.63, 3.8) is 0 Å². The van der Waals surface area contributed by atoms with Gasteiger partial charge in [0.05, 0.1) is 6.10 Å². The van der Waals surface area contributed by atoms with E-state index in [1.54, 1.807) is 0 Å². The van der Waals surface area contributed by atoms with E-state index in [1.165, 1.54) is 45.4 Å². The van der Waals surface area contributed by atoms with Crippen LogP contribution in [0.4, 0.5) is 0 Å². The van der Waals surface area contributed by atoms with Crippen molar-refractivity contribution in [3.8, 4) is 0 Å². The standard InChI is InChI=1S/C14H29N3O/c1-16-9-11-17(12-10-16)8-7-15-13-5-3-2-4-6-14(13)18/h13-15,18H,2-12H2,1H3. The van der Waals surface area contributed by atoms with Gasteiger partial charge in [-0.3, -0.25) is 4.90 Å². The lowest BCUT2D eigenvalue weighted by Gasteiger charge is -2.33. The molecule has 1 aliphatic heterocycles. The molecule has 2 fully saturated rings. The summed E-state index contributed by atoms with van der Waals surface area (Å²) >= 11 is 0. The highest BCUT2D eigenvalue weighted by atomic mass is 16.3. The molecule has 0 radical (unpaired) electrons. The Morgan fingerprint density at radius 1 is 1.06 bits per heavy atom. The molecule has 4 heteroatoms. The molecule has 2 atom stereocenters. The number of hydrogen-bond acceptors (Lipinski definition) is 4. The minimum atomic E-state index is -0.125. The maximum absolute atomic E-state index is 10.0. The van der Waals surface area contributed by atoms with Crippen molar-refractivity contribution < 1.29 is 5.11 Å². The smallest absolute Gasteiger partial charge is 0.0693 e. The van der Waals surface area contributed by atoms with Gasteiger partial charge < -0.3 is 15.3 Å². The summed E-state index contributed by atoms with van der Waals surface area (Å²) in [6, 6.07) is 0.333. The minimum Gasteiger partial charge on any atom is -0.392 e. The van der Waals surface area contributed by atoms with E-state index in [1.807, 2.05) is 0 Å². The molecule has 18 heavy (non-hydrogen) atoms. The molecule has 1 saturated heterocycles. The van der Waals surface area contributed by atoms with Crippen LogP contribution in [0.1, 0.15) is 32.1 Å². The van der Waals surface area contributed by atoms with Crippen LogP contribution in [-0.4, -0.2) is 73.4 Å². The highest BCUT2D eigenvalue weighted by Gasteiger charge is 2.21. The van der Waals surface area contributed by atoms with E-state index in [2.05, 4.69) is 22.2 Å². The molecule has 1 aliphatic carbocycles. The Morgan fingerprint density at radius 2 is 1.78 bits per heavy atom. The molecule has 0 aromatic rings. The number of aliphatic hydroxyl groups is 1. The van der Waals surface area contributed by atoms with Crippen molar-refractivity contribution in [2.75, 3.05) is 46.3 Å². The second kappa shape index (κ2) is 7.43. The topological polar surface area (TPSA) is 38.7 Å². The van der Waals surface area contributed by atoms with Gasteiger partial charge in [0.15, 0.2) is 0 Å². The van der Waals surface area contributed by atoms with E-state index in [4.69, 9.17) is 0 Å². The van der Waals surface area contributed by atoms with Crippen molar-refractivity contribution in [3.05, 3.63) is 0 Å². The monoisotopic (exact) mass is 255 g/mol. The van der Waals surface area contributed by atoms with Gasteiger partial charge in [-0.25, -0.2) is 0 Å². The zero-order chi connectivity index (χ0) is 12.8. The van der Waals surface area contributed by atoms with Gasteiger partial charge in [0, 0.05) is 45.3 Å². The van der Waals surface area contributed by atoms with Gasteiger partial charge in [-0.1, -0.05) is 19.3 Å². The third-order valence-corrected chi connectivity index (χ3v) is 4.41. The Balaban J connectivity index is 1.62. The van der Waals surface area contributed by atoms with Gasteiger partial charge in [0.1, 0.15) is 0 Å². The van der Waals surface area contributed by atoms with Crippen LogP contribution in [-0.2, 0) is 0 Å². The lowest BCUT2D eigenvalue weighted by atomic mass is 10.1. The largest absolute Gasteiger partial charge is 0.392 e. The van der Waals surface area contributed by atoms with Crippen LogP contribution in [0.2, 0.25) is 0 Å². The second-order valence-corrected chi connectivity index (χ2v) is 5.91. The summed E-state index contributed by atoms with van der Waals surface area (Å²) in [5.41, 5.74) is 0. The van der Waals surface area contributed by atoms with Crippen LogP contribution < -0.4 is 5.32 Å². The van der Waals surface area contributed by atoms with Gasteiger partial charge in [0.2, 0.25) is 0 Å². The van der Waals surface area contributed by atoms with Crippen LogP contribution in [0, 0.1) is 0 Å². The first-order chi connectivity index (χ1) is 8.75. The molecule has 0 amide bonds. The molecule has 1 heterocycles. The average molecular weight is 255 g/mol. The van der Waals surface area contributed by atoms with E-state index >= 15 is 0 Å². The fourth-order valence-electron chi connectivity index (χ4n) is 3.01. The van der Waals surface area contributed by atoms with Crippen LogP contribution in [0.5, 0.6) is 0 Å². The van der Waals surface area contributed by atoms with E-state index in [-0.39, 0.29) is 6.10 Å². The van der Waals surface area contributed by atoms with E-state index in [0.717, 1.165) is 25.9 Å². The van der Waals surface area contributed by atoms with Gasteiger partial charge in [0.25, 0.3) is 0 Å². The van der Waals surface area contributed by atoms with Gasteiger partial charge in [-0.2, -0.15) is 0 Å². The first kappa shape index (κ1) is 14.3. The van der Waals surface area contributed by atoms with Crippen LogP contribution in [0.15, 0.2) is 0 Å². The summed E-state index contributed by atoms with van der Waals surface area (Å²) in [6.45, 7) is 6.89. The minimum absolute atomic E-state index is 0.125. The normalized spacial score (nSPS) is 32.3. The Hall–Kier alpha value is -0.160. The maximum Gasteiger partial charge on any atom is 0.0693 e. The molecule has 0 bridgehead atoms. The van der Waals surface area contributed by atoms with Crippen LogP contribution in [0.3, 0.4) is 0 Å². The third kappa shape index (κ3) is 4.50. The fraction of sp³-hybridized carbons (Fsp3) is 1.00. The zero-order valence-corrected chi connectivity index (χ0v) is 11.8. The van der Waals surface area contributed by atoms with Crippen molar-refractivity contribution in [1.29, 1.82) is 0 Å². The third-order valence-electron chi connectivity index (χ3n) is 4.41. The van der Waals surface area contributed by atoms with Crippen molar-refractivity contribution in [1.82, 2.24) is 15.1 Å². The molecule has 2 unspecified atom stereocenters. The lowest BCUT2D eigenvalue weighted by molar-refractivity contribution is 0.113. The van der Waals surface area contributed by atoms with E-state index in [9.17, 15) is 5.11 Å². The fourth-order valence-corrected chi connectivity index (χ4v) is 3.01. The predicted octanol–water partition coefficient (Wildman–Crippen LogP) is 0.517. The van der Waals surface area contributed by atoms with Crippen LogP contribution >= 0.6 is 0 Å². The summed E-state index contributed by atoms with van der Waals surface area (Å²) in [5.74, 6) is 0. The molecule has 2 N–H and O–H groups in total. The molecule has 106 valence electrons. The Morgan fingerprint density at radius 3 is 2.56 bits per heavy atom. The molecular weight excluding hydrogens is 226 g/mol. The quantitative estimate of drug-likeness (QED) is 0.718. The summed E-state index contributed by atoms with van der Waals surface area (Å²) in [5, 5.41) is 13.6. The number of likely N-dealkylation sites (N-methyl/N-ethyl adjacent to an activating group) is 1. The Kier molecular flexibility index (Phi) is 5.89. The number of rotatable bonds is 4. The highest BCUT2D eigenvalue weighted by Crippen LogP contribution is 2.17. The van der Waals surface area contributed by atoms with E-state index < -0.39 is 0 Å². The molecule has 0 spiro atoms. The van der Waals surface area contributed by atoms with E-state index in [0.29, 0.717) is 6.04 Å². The van der Waals surface area contributed by atoms with Crippen molar-refractivity contribution in [2.45, 2.75) is 44.2 Å². The number of piperazine rings is 1. The lowest BCUT2D eigenvalue weighted by Crippen LogP contribution is -2.48. The molecule has 4 nitrogen and oxygen atoms in total. The first-order valence-corrected chi connectivity index (χ1v) is 7.58. The zero-order valence-electron chi connectivity index (χ0n) is 11.8. The van der Waals surface area contributed by atoms with Gasteiger partial charge >= 0.3 is 0 Å². The van der Waals surface area contributed by atoms with Crippen molar-refractivity contribution in [2.24, 2.45) is 0 Å². The molecule has 1 saturated carbocycles. The Labute approximate surface area is 111 Å². The molecule has 0 aromatic carbocycles. The van der Waals surface area contributed by atoms with Crippen LogP contribution in [0.25, 0.3) is 0 Å². The summed E-state index contributed by atoms with van der Waals surface area (Å²) < 4.78 is 0. The molecule has 0 aromatic heterocycles. The Bertz CT molecular complexity index is 229. The summed E-state index contributed by atoms with van der Waals surface area (Å²) in [4.78, 5) is 4.91. The van der Waals surface area contributed by atoms with Crippen molar-refractivity contribution >= 4 is 0 Å². The molecular formula is C14H29N3O. The first-order valence-electron chi connectivity index (χ1n) is 7.58. The predicted molar refractivity (Wildman–Crippen MR) is 74.8 cm³/mol. The number of hydrogen-bond donors (Lipinski definition) is 2. The highest BCUT2D eigenvalue weighted by molar-refractivity contribution is 4.79. The number of nitrogens with zero attached hydrogens (tertiary/aromatic N) is 2.